The van der Waals surface area contributed by atoms with E-state index >= 15 is 0 Å². The molecule has 1 saturated heterocycles. The molecule has 154 valence electrons. The van der Waals surface area contributed by atoms with E-state index in [1.165, 1.54) is 12.1 Å². The summed E-state index contributed by atoms with van der Waals surface area (Å²) in [6.45, 7) is 1.92. The van der Waals surface area contributed by atoms with E-state index in [0.717, 1.165) is 6.39 Å². The molecule has 0 aliphatic carbocycles. The van der Waals surface area contributed by atoms with Gasteiger partial charge in [0.1, 0.15) is 5.82 Å². The van der Waals surface area contributed by atoms with E-state index in [1.807, 2.05) is 0 Å². The number of rotatable bonds is 4. The van der Waals surface area contributed by atoms with E-state index in [9.17, 15) is 14.0 Å². The second-order valence-electron chi connectivity index (χ2n) is 6.56. The van der Waals surface area contributed by atoms with E-state index in [2.05, 4.69) is 26.2 Å². The number of nitrogens with zero attached hydrogens (tertiary/aromatic N) is 2. The van der Waals surface area contributed by atoms with Crippen molar-refractivity contribution in [2.75, 3.05) is 31.6 Å². The van der Waals surface area contributed by atoms with Gasteiger partial charge in [-0.15, -0.1) is 0 Å². The van der Waals surface area contributed by atoms with Gasteiger partial charge < -0.3 is 19.4 Å². The second-order valence-corrected chi connectivity index (χ2v) is 7.47. The number of oxazole rings is 1. The van der Waals surface area contributed by atoms with Crippen LogP contribution in [0, 0.1) is 5.82 Å². The maximum atomic E-state index is 14.1. The Morgan fingerprint density at radius 1 is 1.13 bits per heavy atom. The average Bonchev–Trinajstić information content (AvgIpc) is 3.26. The van der Waals surface area contributed by atoms with Gasteiger partial charge in [-0.2, -0.15) is 0 Å². The van der Waals surface area contributed by atoms with Crippen molar-refractivity contribution >= 4 is 33.4 Å². The minimum atomic E-state index is -0.645. The Labute approximate surface area is 180 Å². The first-order valence-corrected chi connectivity index (χ1v) is 10.00. The van der Waals surface area contributed by atoms with Crippen molar-refractivity contribution in [2.45, 2.75) is 0 Å². The number of carbonyl (C=O) groups excluding carboxylic acids is 2. The van der Waals surface area contributed by atoms with Gasteiger partial charge in [0.15, 0.2) is 17.8 Å². The topological polar surface area (TPSA) is 84.7 Å². The highest BCUT2D eigenvalue weighted by molar-refractivity contribution is 9.10. The van der Waals surface area contributed by atoms with Crippen LogP contribution in [0.5, 0.6) is 0 Å². The maximum absolute atomic E-state index is 14.1. The lowest BCUT2D eigenvalue weighted by atomic mass is 10.0. The molecule has 4 rings (SSSR count). The zero-order valence-electron chi connectivity index (χ0n) is 15.7. The summed E-state index contributed by atoms with van der Waals surface area (Å²) < 4.78 is 25.4. The fourth-order valence-electron chi connectivity index (χ4n) is 3.18. The van der Waals surface area contributed by atoms with E-state index in [-0.39, 0.29) is 23.0 Å². The summed E-state index contributed by atoms with van der Waals surface area (Å²) in [7, 11) is 0. The van der Waals surface area contributed by atoms with Crippen molar-refractivity contribution < 1.29 is 23.1 Å². The van der Waals surface area contributed by atoms with Crippen LogP contribution in [-0.2, 0) is 4.74 Å². The van der Waals surface area contributed by atoms with Gasteiger partial charge in [-0.25, -0.2) is 9.37 Å². The molecule has 0 spiro atoms. The third-order valence-corrected chi connectivity index (χ3v) is 5.16. The average molecular weight is 474 g/mol. The molecule has 0 radical (unpaired) electrons. The molecular weight excluding hydrogens is 457 g/mol. The van der Waals surface area contributed by atoms with E-state index in [1.54, 1.807) is 35.2 Å². The molecule has 0 unspecified atom stereocenters. The molecule has 2 heterocycles. The Morgan fingerprint density at radius 2 is 1.90 bits per heavy atom. The highest BCUT2D eigenvalue weighted by atomic mass is 79.9. The fraction of sp³-hybridized carbons (Fsp3) is 0.190. The van der Waals surface area contributed by atoms with Crippen molar-refractivity contribution in [1.82, 2.24) is 9.88 Å². The molecule has 0 bridgehead atoms. The van der Waals surface area contributed by atoms with Crippen LogP contribution in [0.3, 0.4) is 0 Å². The van der Waals surface area contributed by atoms with Crippen molar-refractivity contribution in [2.24, 2.45) is 0 Å². The number of halogens is 2. The van der Waals surface area contributed by atoms with Gasteiger partial charge in [0, 0.05) is 23.1 Å². The van der Waals surface area contributed by atoms with Crippen LogP contribution in [0.25, 0.3) is 11.3 Å². The molecule has 1 aliphatic rings. The van der Waals surface area contributed by atoms with E-state index < -0.39 is 11.7 Å². The fourth-order valence-corrected chi connectivity index (χ4v) is 3.51. The highest BCUT2D eigenvalue weighted by Crippen LogP contribution is 2.29. The van der Waals surface area contributed by atoms with Gasteiger partial charge in [-0.1, -0.05) is 34.1 Å². The summed E-state index contributed by atoms with van der Waals surface area (Å²) in [6, 6.07) is 11.1. The molecule has 1 aromatic heterocycles. The first-order chi connectivity index (χ1) is 14.5. The summed E-state index contributed by atoms with van der Waals surface area (Å²) >= 11 is 3.17. The first-order valence-electron chi connectivity index (χ1n) is 9.21. The van der Waals surface area contributed by atoms with Crippen molar-refractivity contribution in [3.63, 3.8) is 0 Å². The van der Waals surface area contributed by atoms with Crippen LogP contribution in [0.2, 0.25) is 0 Å². The van der Waals surface area contributed by atoms with Gasteiger partial charge in [-0.05, 0) is 24.3 Å². The number of amides is 2. The van der Waals surface area contributed by atoms with Crippen LogP contribution in [0.1, 0.15) is 20.8 Å². The Bertz CT molecular complexity index is 1100. The molecule has 2 aromatic carbocycles. The molecular formula is C21H17BrFN3O4. The second kappa shape index (κ2) is 8.76. The molecule has 0 atom stereocenters. The zero-order chi connectivity index (χ0) is 21.1. The van der Waals surface area contributed by atoms with Crippen LogP contribution in [0.4, 0.5) is 10.1 Å². The van der Waals surface area contributed by atoms with Crippen molar-refractivity contribution in [3.8, 4) is 11.3 Å². The third-order valence-electron chi connectivity index (χ3n) is 4.66. The predicted octanol–water partition coefficient (Wildman–Crippen LogP) is 3.97. The summed E-state index contributed by atoms with van der Waals surface area (Å²) in [5.41, 5.74) is 0.794. The summed E-state index contributed by atoms with van der Waals surface area (Å²) in [4.78, 5) is 31.5. The van der Waals surface area contributed by atoms with Gasteiger partial charge in [0.2, 0.25) is 0 Å². The number of hydrogen-bond acceptors (Lipinski definition) is 5. The Kier molecular flexibility index (Phi) is 5.91. The molecule has 30 heavy (non-hydrogen) atoms. The van der Waals surface area contributed by atoms with E-state index in [4.69, 9.17) is 9.15 Å². The Hall–Kier alpha value is -3.04. The number of anilines is 1. The van der Waals surface area contributed by atoms with Crippen LogP contribution in [-0.4, -0.2) is 48.0 Å². The summed E-state index contributed by atoms with van der Waals surface area (Å²) in [5.74, 6) is -1.28. The highest BCUT2D eigenvalue weighted by Gasteiger charge is 2.26. The SMILES string of the molecule is O=C(Nc1ccc(Br)cc1F)c1ncoc1-c1ccccc1C(=O)N1CCOCC1. The van der Waals surface area contributed by atoms with Crippen LogP contribution in [0.15, 0.2) is 57.7 Å². The lowest BCUT2D eigenvalue weighted by Crippen LogP contribution is -2.40. The zero-order valence-corrected chi connectivity index (χ0v) is 17.3. The number of carbonyl (C=O) groups is 2. The Balaban J connectivity index is 1.65. The number of hydrogen-bond donors (Lipinski definition) is 1. The number of aromatic nitrogens is 1. The number of ether oxygens (including phenoxy) is 1. The van der Waals surface area contributed by atoms with Crippen molar-refractivity contribution in [1.29, 1.82) is 0 Å². The minimum absolute atomic E-state index is 0.00910. The standard InChI is InChI=1S/C21H17BrFN3O4/c22-13-5-6-17(16(23)11-13)25-20(27)18-19(30-12-24-18)14-3-1-2-4-15(14)21(28)26-7-9-29-10-8-26/h1-6,11-12H,7-10H2,(H,25,27). The van der Waals surface area contributed by atoms with Gasteiger partial charge in [0.05, 0.1) is 24.5 Å². The number of morpholine rings is 1. The van der Waals surface area contributed by atoms with Gasteiger partial charge in [-0.3, -0.25) is 9.59 Å². The maximum Gasteiger partial charge on any atom is 0.278 e. The molecule has 1 N–H and O–H groups in total. The number of benzene rings is 2. The molecule has 1 aliphatic heterocycles. The molecule has 0 saturated carbocycles. The lowest BCUT2D eigenvalue weighted by molar-refractivity contribution is 0.0303. The van der Waals surface area contributed by atoms with Crippen LogP contribution < -0.4 is 5.32 Å². The van der Waals surface area contributed by atoms with E-state index in [0.29, 0.717) is 41.9 Å². The number of nitrogens with one attached hydrogen (secondary N) is 1. The first kappa shape index (κ1) is 20.2. The van der Waals surface area contributed by atoms with Gasteiger partial charge in [0.25, 0.3) is 11.8 Å². The van der Waals surface area contributed by atoms with Crippen molar-refractivity contribution in [3.05, 3.63) is 70.4 Å². The quantitative estimate of drug-likeness (QED) is 0.619. The minimum Gasteiger partial charge on any atom is -0.443 e. The van der Waals surface area contributed by atoms with Gasteiger partial charge >= 0.3 is 0 Å². The lowest BCUT2D eigenvalue weighted by Gasteiger charge is -2.27. The Morgan fingerprint density at radius 3 is 2.67 bits per heavy atom. The normalized spacial score (nSPS) is 13.9. The van der Waals surface area contributed by atoms with Crippen LogP contribution >= 0.6 is 15.9 Å². The summed E-state index contributed by atoms with van der Waals surface area (Å²) in [6.07, 6.45) is 1.12. The summed E-state index contributed by atoms with van der Waals surface area (Å²) in [5, 5.41) is 2.49. The molecule has 3 aromatic rings. The molecule has 1 fully saturated rings. The molecule has 9 heteroatoms. The molecule has 7 nitrogen and oxygen atoms in total. The predicted molar refractivity (Wildman–Crippen MR) is 111 cm³/mol. The smallest absolute Gasteiger partial charge is 0.278 e. The molecule has 2 amide bonds. The monoisotopic (exact) mass is 473 g/mol. The third kappa shape index (κ3) is 4.12. The largest absolute Gasteiger partial charge is 0.443 e.